The molecule has 3 atom stereocenters. The van der Waals surface area contributed by atoms with Crippen LogP contribution in [-0.4, -0.2) is 22.8 Å². The number of halogens is 1. The van der Waals surface area contributed by atoms with E-state index in [9.17, 15) is 20.6 Å². The third-order valence-electron chi connectivity index (χ3n) is 5.66. The number of nitriles is 3. The third-order valence-corrected chi connectivity index (χ3v) is 6.19. The van der Waals surface area contributed by atoms with Gasteiger partial charge in [-0.1, -0.05) is 34.1 Å². The van der Waals surface area contributed by atoms with Gasteiger partial charge in [0.25, 0.3) is 0 Å². The van der Waals surface area contributed by atoms with Crippen molar-refractivity contribution in [3.8, 4) is 18.2 Å². The second-order valence-electron chi connectivity index (χ2n) is 7.19. The number of allylic oxidation sites excluding steroid dienone is 2. The molecule has 1 aromatic carbocycles. The maximum atomic E-state index is 13.2. The van der Waals surface area contributed by atoms with Crippen molar-refractivity contribution >= 4 is 21.7 Å². The van der Waals surface area contributed by atoms with Gasteiger partial charge in [-0.2, -0.15) is 15.8 Å². The Hall–Kier alpha value is -2.88. The van der Waals surface area contributed by atoms with Crippen LogP contribution in [0.1, 0.15) is 24.3 Å². The molecule has 4 rings (SSSR count). The molecule has 1 saturated heterocycles. The highest BCUT2D eigenvalue weighted by atomic mass is 79.9. The molecule has 6 heteroatoms. The SMILES string of the molecule is N#CC1=CN2C(C(=O)C3CC3)C(c3ccc(Br)cc3)C(C#N)(C#N)C2C=C1. The molecule has 0 aromatic heterocycles. The van der Waals surface area contributed by atoms with Gasteiger partial charge >= 0.3 is 0 Å². The van der Waals surface area contributed by atoms with E-state index >= 15 is 0 Å². The molecule has 27 heavy (non-hydrogen) atoms. The van der Waals surface area contributed by atoms with E-state index in [1.165, 1.54) is 0 Å². The summed E-state index contributed by atoms with van der Waals surface area (Å²) >= 11 is 3.41. The number of ketones is 1. The van der Waals surface area contributed by atoms with E-state index in [1.807, 2.05) is 24.3 Å². The Bertz CT molecular complexity index is 971. The number of hydrogen-bond donors (Lipinski definition) is 0. The molecule has 5 nitrogen and oxygen atoms in total. The first kappa shape index (κ1) is 17.5. The number of benzene rings is 1. The average molecular weight is 419 g/mol. The lowest BCUT2D eigenvalue weighted by Gasteiger charge is -2.30. The van der Waals surface area contributed by atoms with Gasteiger partial charge in [-0.3, -0.25) is 4.79 Å². The summed E-state index contributed by atoms with van der Waals surface area (Å²) < 4.78 is 0.887. The van der Waals surface area contributed by atoms with Crippen molar-refractivity contribution in [2.45, 2.75) is 30.8 Å². The summed E-state index contributed by atoms with van der Waals surface area (Å²) in [5.41, 5.74) is -0.201. The van der Waals surface area contributed by atoms with E-state index in [4.69, 9.17) is 0 Å². The molecule has 132 valence electrons. The lowest BCUT2D eigenvalue weighted by Crippen LogP contribution is -2.40. The third kappa shape index (κ3) is 2.59. The van der Waals surface area contributed by atoms with Crippen LogP contribution in [0.3, 0.4) is 0 Å². The van der Waals surface area contributed by atoms with Crippen molar-refractivity contribution in [3.63, 3.8) is 0 Å². The lowest BCUT2D eigenvalue weighted by molar-refractivity contribution is -0.124. The van der Waals surface area contributed by atoms with Crippen molar-refractivity contribution in [1.82, 2.24) is 4.90 Å². The smallest absolute Gasteiger partial charge is 0.176 e. The number of hydrogen-bond acceptors (Lipinski definition) is 5. The first-order valence-electron chi connectivity index (χ1n) is 8.75. The highest BCUT2D eigenvalue weighted by Crippen LogP contribution is 2.54. The van der Waals surface area contributed by atoms with Gasteiger partial charge in [0.15, 0.2) is 11.2 Å². The number of carbonyl (C=O) groups is 1. The van der Waals surface area contributed by atoms with Crippen LogP contribution in [0.4, 0.5) is 0 Å². The second kappa shape index (κ2) is 6.38. The zero-order chi connectivity index (χ0) is 19.2. The van der Waals surface area contributed by atoms with Gasteiger partial charge in [-0.05, 0) is 36.6 Å². The van der Waals surface area contributed by atoms with Crippen LogP contribution >= 0.6 is 15.9 Å². The van der Waals surface area contributed by atoms with E-state index in [2.05, 4.69) is 34.1 Å². The first-order chi connectivity index (χ1) is 13.1. The molecule has 0 amide bonds. The van der Waals surface area contributed by atoms with Gasteiger partial charge in [0.2, 0.25) is 0 Å². The molecule has 2 heterocycles. The molecule has 3 unspecified atom stereocenters. The predicted molar refractivity (Wildman–Crippen MR) is 101 cm³/mol. The largest absolute Gasteiger partial charge is 0.356 e. The standard InChI is InChI=1S/C21H15BrN4O/c22-16-6-4-14(5-7-16)18-19(20(27)15-2-3-15)26-10-13(9-23)1-8-17(26)21(18,11-24)12-25/h1,4-8,10,15,17-19H,2-3H2. The van der Waals surface area contributed by atoms with E-state index in [0.29, 0.717) is 5.57 Å². The minimum Gasteiger partial charge on any atom is -0.356 e. The molecule has 0 spiro atoms. The van der Waals surface area contributed by atoms with E-state index in [0.717, 1.165) is 22.9 Å². The summed E-state index contributed by atoms with van der Waals surface area (Å²) in [4.78, 5) is 15.0. The number of Topliss-reactive ketones (excluding diaryl/α,β-unsaturated/α-hetero) is 1. The number of nitrogens with zero attached hydrogens (tertiary/aromatic N) is 4. The molecule has 1 aliphatic carbocycles. The molecule has 3 aliphatic rings. The van der Waals surface area contributed by atoms with Crippen LogP contribution in [0, 0.1) is 45.3 Å². The van der Waals surface area contributed by atoms with E-state index in [-0.39, 0.29) is 11.7 Å². The Kier molecular flexibility index (Phi) is 4.14. The Morgan fingerprint density at radius 1 is 1.15 bits per heavy atom. The lowest BCUT2D eigenvalue weighted by atomic mass is 9.69. The van der Waals surface area contributed by atoms with Crippen molar-refractivity contribution in [3.05, 3.63) is 58.2 Å². The fraction of sp³-hybridized carbons (Fsp3) is 0.333. The van der Waals surface area contributed by atoms with Gasteiger partial charge in [-0.25, -0.2) is 0 Å². The van der Waals surface area contributed by atoms with Crippen molar-refractivity contribution in [2.75, 3.05) is 0 Å². The van der Waals surface area contributed by atoms with Crippen LogP contribution in [0.25, 0.3) is 0 Å². The Morgan fingerprint density at radius 3 is 2.37 bits per heavy atom. The van der Waals surface area contributed by atoms with Crippen molar-refractivity contribution < 1.29 is 4.79 Å². The summed E-state index contributed by atoms with van der Waals surface area (Å²) in [7, 11) is 0. The monoisotopic (exact) mass is 418 g/mol. The van der Waals surface area contributed by atoms with E-state index < -0.39 is 23.4 Å². The number of carbonyl (C=O) groups excluding carboxylic acids is 1. The van der Waals surface area contributed by atoms with Gasteiger partial charge in [-0.15, -0.1) is 0 Å². The molecular weight excluding hydrogens is 404 g/mol. The topological polar surface area (TPSA) is 91.7 Å². The Morgan fingerprint density at radius 2 is 1.81 bits per heavy atom. The van der Waals surface area contributed by atoms with Crippen LogP contribution in [-0.2, 0) is 4.79 Å². The summed E-state index contributed by atoms with van der Waals surface area (Å²) in [6, 6.07) is 12.8. The molecule has 1 saturated carbocycles. The summed E-state index contributed by atoms with van der Waals surface area (Å²) in [5, 5.41) is 29.5. The van der Waals surface area contributed by atoms with Gasteiger partial charge < -0.3 is 4.90 Å². The zero-order valence-electron chi connectivity index (χ0n) is 14.3. The Labute approximate surface area is 165 Å². The first-order valence-corrected chi connectivity index (χ1v) is 9.54. The van der Waals surface area contributed by atoms with Crippen molar-refractivity contribution in [2.24, 2.45) is 11.3 Å². The minimum atomic E-state index is -1.41. The quantitative estimate of drug-likeness (QED) is 0.747. The van der Waals surface area contributed by atoms with E-state index in [1.54, 1.807) is 23.3 Å². The number of fused-ring (bicyclic) bond motifs is 1. The normalized spacial score (nSPS) is 27.7. The summed E-state index contributed by atoms with van der Waals surface area (Å²) in [6.07, 6.45) is 6.68. The maximum Gasteiger partial charge on any atom is 0.176 e. The van der Waals surface area contributed by atoms with Crippen LogP contribution in [0.2, 0.25) is 0 Å². The van der Waals surface area contributed by atoms with Crippen LogP contribution < -0.4 is 0 Å². The molecule has 1 aromatic rings. The molecule has 2 aliphatic heterocycles. The fourth-order valence-electron chi connectivity index (χ4n) is 4.22. The van der Waals surface area contributed by atoms with Crippen LogP contribution in [0.5, 0.6) is 0 Å². The Balaban J connectivity index is 1.92. The maximum absolute atomic E-state index is 13.2. The average Bonchev–Trinajstić information content (AvgIpc) is 3.50. The number of rotatable bonds is 3. The molecule has 2 fully saturated rings. The molecule has 0 radical (unpaired) electrons. The molecule has 0 bridgehead atoms. The summed E-state index contributed by atoms with van der Waals surface area (Å²) in [6.45, 7) is 0. The molecule has 0 N–H and O–H groups in total. The molecular formula is C21H15BrN4O. The second-order valence-corrected chi connectivity index (χ2v) is 8.11. The highest BCUT2D eigenvalue weighted by Gasteiger charge is 2.63. The van der Waals surface area contributed by atoms with Crippen molar-refractivity contribution in [1.29, 1.82) is 15.8 Å². The zero-order valence-corrected chi connectivity index (χ0v) is 15.9. The predicted octanol–water partition coefficient (Wildman–Crippen LogP) is 3.58. The highest BCUT2D eigenvalue weighted by molar-refractivity contribution is 9.10. The minimum absolute atomic E-state index is 0.0216. The van der Waals surface area contributed by atoms with Crippen LogP contribution in [0.15, 0.2) is 52.7 Å². The fourth-order valence-corrected chi connectivity index (χ4v) is 4.49. The van der Waals surface area contributed by atoms with Gasteiger partial charge in [0.1, 0.15) is 6.07 Å². The van der Waals surface area contributed by atoms with Gasteiger partial charge in [0.05, 0.1) is 29.8 Å². The summed E-state index contributed by atoms with van der Waals surface area (Å²) in [5.74, 6) is -0.548. The van der Waals surface area contributed by atoms with Gasteiger partial charge in [0, 0.05) is 22.5 Å².